The van der Waals surface area contributed by atoms with Gasteiger partial charge in [0, 0.05) is 4.48 Å². The molecule has 0 rings (SSSR count). The number of rotatable bonds is 2. The van der Waals surface area contributed by atoms with Crippen LogP contribution in [0.5, 0.6) is 0 Å². The van der Waals surface area contributed by atoms with Crippen LogP contribution < -0.4 is 0 Å². The average molecular weight is 249 g/mol. The summed E-state index contributed by atoms with van der Waals surface area (Å²) < 4.78 is 0.522. The van der Waals surface area contributed by atoms with E-state index in [1.54, 1.807) is 0 Å². The van der Waals surface area contributed by atoms with Crippen molar-refractivity contribution < 1.29 is 4.79 Å². The normalized spacial score (nSPS) is 12.8. The van der Waals surface area contributed by atoms with Crippen LogP contribution in [0.25, 0.3) is 0 Å². The van der Waals surface area contributed by atoms with Crippen molar-refractivity contribution in [3.63, 3.8) is 0 Å². The highest BCUT2D eigenvalue weighted by Crippen LogP contribution is 2.38. The second-order valence-corrected chi connectivity index (χ2v) is 10.8. The van der Waals surface area contributed by atoms with Crippen molar-refractivity contribution in [1.29, 1.82) is 0 Å². The molecule has 0 fully saturated rings. The Balaban J connectivity index is 4.87. The van der Waals surface area contributed by atoms with Crippen molar-refractivity contribution in [3.05, 3.63) is 11.1 Å². The van der Waals surface area contributed by atoms with Gasteiger partial charge in [0.15, 0.2) is 0 Å². The van der Waals surface area contributed by atoms with Crippen LogP contribution >= 0.6 is 15.9 Å². The van der Waals surface area contributed by atoms with Crippen molar-refractivity contribution in [2.75, 3.05) is 0 Å². The molecule has 0 aliphatic rings. The summed E-state index contributed by atoms with van der Waals surface area (Å²) in [5.74, 6) is 0. The third kappa shape index (κ3) is 2.30. The van der Waals surface area contributed by atoms with E-state index in [4.69, 9.17) is 0 Å². The number of carbonyl (C=O) groups excluding carboxylic acids is 1. The van der Waals surface area contributed by atoms with Crippen molar-refractivity contribution in [2.24, 2.45) is 0 Å². The van der Waals surface area contributed by atoms with E-state index in [9.17, 15) is 4.79 Å². The lowest BCUT2D eigenvalue weighted by Gasteiger charge is -2.34. The zero-order valence-electron chi connectivity index (χ0n) is 8.49. The minimum atomic E-state index is -1.86. The first-order valence-electron chi connectivity index (χ1n) is 4.00. The quantitative estimate of drug-likeness (QED) is 0.540. The van der Waals surface area contributed by atoms with Gasteiger partial charge >= 0.3 is 0 Å². The molecule has 0 aromatic heterocycles. The van der Waals surface area contributed by atoms with E-state index >= 15 is 0 Å². The molecule has 0 aliphatic carbocycles. The molecule has 1 nitrogen and oxygen atoms in total. The summed E-state index contributed by atoms with van der Waals surface area (Å²) in [6, 6.07) is 0. The molecule has 0 aromatic rings. The van der Waals surface area contributed by atoms with E-state index in [1.165, 1.54) is 0 Å². The highest BCUT2D eigenvalue weighted by Gasteiger charge is 2.42. The Labute approximate surface area is 84.4 Å². The first-order chi connectivity index (χ1) is 5.10. The molecule has 0 heterocycles. The van der Waals surface area contributed by atoms with Gasteiger partial charge in [0.1, 0.15) is 13.5 Å². The summed E-state index contributed by atoms with van der Waals surface area (Å²) in [5.41, 5.74) is 0. The summed E-state index contributed by atoms with van der Waals surface area (Å²) in [6.45, 7) is 14.2. The predicted octanol–water partition coefficient (Wildman–Crippen LogP) is 3.51. The maximum Gasteiger partial charge on any atom is 0.146 e. The van der Waals surface area contributed by atoms with Gasteiger partial charge in [-0.2, -0.15) is 0 Å². The zero-order valence-corrected chi connectivity index (χ0v) is 11.1. The van der Waals surface area contributed by atoms with E-state index in [0.717, 1.165) is 0 Å². The number of allylic oxidation sites excluding steroid dienone is 1. The highest BCUT2D eigenvalue weighted by atomic mass is 79.9. The smallest absolute Gasteiger partial charge is 0.146 e. The molecule has 0 radical (unpaired) electrons. The largest absolute Gasteiger partial charge is 0.300 e. The van der Waals surface area contributed by atoms with E-state index in [2.05, 4.69) is 56.4 Å². The van der Waals surface area contributed by atoms with E-state index in [0.29, 0.717) is 4.48 Å². The lowest BCUT2D eigenvalue weighted by molar-refractivity contribution is -0.109. The average Bonchev–Trinajstić information content (AvgIpc) is 1.83. The molecule has 0 saturated heterocycles. The third-order valence-electron chi connectivity index (χ3n) is 2.69. The predicted molar refractivity (Wildman–Crippen MR) is 60.3 cm³/mol. The molecular formula is C9H17BrOSi. The molecule has 70 valence electrons. The Morgan fingerprint density at radius 2 is 1.67 bits per heavy atom. The second kappa shape index (κ2) is 3.46. The summed E-state index contributed by atoms with van der Waals surface area (Å²) in [6.07, 6.45) is 0. The second-order valence-electron chi connectivity index (χ2n) is 4.61. The highest BCUT2D eigenvalue weighted by molar-refractivity contribution is 9.12. The Hall–Kier alpha value is 0.107. The topological polar surface area (TPSA) is 17.1 Å². The van der Waals surface area contributed by atoms with Crippen LogP contribution in [0.2, 0.25) is 18.1 Å². The van der Waals surface area contributed by atoms with Gasteiger partial charge < -0.3 is 0 Å². The van der Waals surface area contributed by atoms with Crippen LogP contribution in [-0.2, 0) is 4.79 Å². The molecule has 0 aromatic carbocycles. The fourth-order valence-electron chi connectivity index (χ4n) is 0.680. The summed E-state index contributed by atoms with van der Waals surface area (Å²) in [4.78, 5) is 11.7. The van der Waals surface area contributed by atoms with Crippen LogP contribution in [0, 0.1) is 0 Å². The zero-order chi connectivity index (χ0) is 10.2. The molecule has 0 atom stereocenters. The Morgan fingerprint density at radius 1 is 1.33 bits per heavy atom. The number of carbonyl (C=O) groups is 1. The van der Waals surface area contributed by atoms with Crippen LogP contribution in [0.3, 0.4) is 0 Å². The molecule has 0 bridgehead atoms. The molecule has 3 heteroatoms. The lowest BCUT2D eigenvalue weighted by atomic mass is 10.2. The first kappa shape index (κ1) is 12.1. The number of hydrogen-bond acceptors (Lipinski definition) is 1. The van der Waals surface area contributed by atoms with E-state index < -0.39 is 8.07 Å². The lowest BCUT2D eigenvalue weighted by Crippen LogP contribution is -2.46. The van der Waals surface area contributed by atoms with Crippen molar-refractivity contribution in [2.45, 2.75) is 38.9 Å². The standard InChI is InChI=1S/C9H17BrOSi/c1-7(10)8(11)12(5,6)9(2,3)4/h1H2,2-6H3. The Morgan fingerprint density at radius 3 is 1.75 bits per heavy atom. The fraction of sp³-hybridized carbons (Fsp3) is 0.667. The molecule has 0 unspecified atom stereocenters. The van der Waals surface area contributed by atoms with E-state index in [1.807, 2.05) is 0 Å². The Bertz CT molecular complexity index is 213. The first-order valence-corrected chi connectivity index (χ1v) is 7.79. The minimum Gasteiger partial charge on any atom is -0.300 e. The van der Waals surface area contributed by atoms with Crippen LogP contribution in [0.4, 0.5) is 0 Å². The van der Waals surface area contributed by atoms with Crippen LogP contribution in [0.15, 0.2) is 11.1 Å². The fourth-order valence-corrected chi connectivity index (χ4v) is 3.53. The van der Waals surface area contributed by atoms with Gasteiger partial charge in [-0.05, 0) is 21.0 Å². The van der Waals surface area contributed by atoms with Gasteiger partial charge in [0.25, 0.3) is 0 Å². The minimum absolute atomic E-state index is 0.0980. The summed E-state index contributed by atoms with van der Waals surface area (Å²) in [7, 11) is -1.86. The molecule has 12 heavy (non-hydrogen) atoms. The van der Waals surface area contributed by atoms with Gasteiger partial charge in [-0.15, -0.1) is 0 Å². The maximum absolute atomic E-state index is 11.7. The van der Waals surface area contributed by atoms with E-state index in [-0.39, 0.29) is 10.4 Å². The summed E-state index contributed by atoms with van der Waals surface area (Å²) >= 11 is 3.16. The Kier molecular flexibility index (Phi) is 3.49. The monoisotopic (exact) mass is 248 g/mol. The van der Waals surface area contributed by atoms with Gasteiger partial charge in [0.2, 0.25) is 0 Å². The molecular weight excluding hydrogens is 232 g/mol. The number of hydrogen-bond donors (Lipinski definition) is 0. The summed E-state index contributed by atoms with van der Waals surface area (Å²) in [5, 5.41) is 0.316. The molecule has 0 saturated carbocycles. The van der Waals surface area contributed by atoms with Crippen LogP contribution in [0.1, 0.15) is 20.8 Å². The van der Waals surface area contributed by atoms with Crippen molar-refractivity contribution >= 4 is 29.4 Å². The van der Waals surface area contributed by atoms with Gasteiger partial charge in [-0.25, -0.2) is 0 Å². The molecule has 0 amide bonds. The molecule has 0 spiro atoms. The SMILES string of the molecule is C=C(Br)C(=O)[Si](C)(C)C(C)(C)C. The van der Waals surface area contributed by atoms with Gasteiger partial charge in [0.05, 0.1) is 0 Å². The molecule has 0 aliphatic heterocycles. The van der Waals surface area contributed by atoms with Crippen molar-refractivity contribution in [3.8, 4) is 0 Å². The maximum atomic E-state index is 11.7. The third-order valence-corrected chi connectivity index (χ3v) is 8.60. The van der Waals surface area contributed by atoms with Crippen LogP contribution in [-0.4, -0.2) is 13.5 Å². The molecule has 0 N–H and O–H groups in total. The van der Waals surface area contributed by atoms with Gasteiger partial charge in [-0.1, -0.05) is 40.4 Å². The number of halogens is 1. The van der Waals surface area contributed by atoms with Crippen molar-refractivity contribution in [1.82, 2.24) is 0 Å². The van der Waals surface area contributed by atoms with Gasteiger partial charge in [-0.3, -0.25) is 4.79 Å².